The van der Waals surface area contributed by atoms with E-state index in [9.17, 15) is 9.59 Å². The van der Waals surface area contributed by atoms with Crippen molar-refractivity contribution in [1.29, 1.82) is 0 Å². The van der Waals surface area contributed by atoms with Gasteiger partial charge in [-0.25, -0.2) is 4.68 Å². The number of nitrogens with one attached hydrogen (secondary N) is 1. The molecule has 0 amide bonds. The van der Waals surface area contributed by atoms with Crippen LogP contribution in [0.2, 0.25) is 0 Å². The molecule has 0 aromatic carbocycles. The molecule has 6 nitrogen and oxygen atoms in total. The molecule has 0 saturated heterocycles. The highest BCUT2D eigenvalue weighted by Gasteiger charge is 2.08. The second-order valence-electron chi connectivity index (χ2n) is 3.40. The lowest BCUT2D eigenvalue weighted by Gasteiger charge is -2.08. The molecule has 1 heterocycles. The number of ether oxygens (including phenoxy) is 1. The van der Waals surface area contributed by atoms with E-state index in [1.807, 2.05) is 0 Å². The summed E-state index contributed by atoms with van der Waals surface area (Å²) in [5, 5.41) is 6.91. The van der Waals surface area contributed by atoms with Crippen molar-refractivity contribution in [2.45, 2.75) is 13.0 Å². The Bertz CT molecular complexity index is 499. The fraction of sp³-hybridized carbons (Fsp3) is 0.364. The Balaban J connectivity index is 2.73. The summed E-state index contributed by atoms with van der Waals surface area (Å²) in [5.74, 6) is -0.313. The van der Waals surface area contributed by atoms with Gasteiger partial charge in [0.25, 0.3) is 5.56 Å². The van der Waals surface area contributed by atoms with Crippen LogP contribution in [0.25, 0.3) is 0 Å². The molecule has 0 radical (unpaired) electrons. The zero-order valence-corrected chi connectivity index (χ0v) is 11.6. The quantitative estimate of drug-likeness (QED) is 0.630. The van der Waals surface area contributed by atoms with Crippen molar-refractivity contribution in [1.82, 2.24) is 9.78 Å². The molecule has 0 fully saturated rings. The Morgan fingerprint density at radius 3 is 3.06 bits per heavy atom. The van der Waals surface area contributed by atoms with Crippen molar-refractivity contribution in [3.05, 3.63) is 33.7 Å². The molecule has 1 N–H and O–H groups in total. The second-order valence-corrected chi connectivity index (χ2v) is 4.19. The smallest absolute Gasteiger partial charge is 0.307 e. The maximum Gasteiger partial charge on any atom is 0.307 e. The van der Waals surface area contributed by atoms with Gasteiger partial charge in [0.2, 0.25) is 0 Å². The van der Waals surface area contributed by atoms with Gasteiger partial charge < -0.3 is 10.1 Å². The third-order valence-corrected chi connectivity index (χ3v) is 2.93. The molecule has 0 unspecified atom stereocenters. The van der Waals surface area contributed by atoms with Gasteiger partial charge in [0.15, 0.2) is 0 Å². The predicted octanol–water partition coefficient (Wildman–Crippen LogP) is 1.17. The van der Waals surface area contributed by atoms with Crippen molar-refractivity contribution in [2.75, 3.05) is 19.0 Å². The molecular weight excluding hydrogens is 302 g/mol. The van der Waals surface area contributed by atoms with Crippen LogP contribution in [0.15, 0.2) is 28.1 Å². The molecule has 98 valence electrons. The fourth-order valence-corrected chi connectivity index (χ4v) is 1.69. The number of hydrogen-bond donors (Lipinski definition) is 1. The van der Waals surface area contributed by atoms with E-state index in [1.165, 1.54) is 18.0 Å². The van der Waals surface area contributed by atoms with E-state index in [2.05, 4.69) is 37.7 Å². The molecule has 0 saturated carbocycles. The van der Waals surface area contributed by atoms with Gasteiger partial charge >= 0.3 is 5.97 Å². The van der Waals surface area contributed by atoms with Crippen molar-refractivity contribution < 1.29 is 9.53 Å². The monoisotopic (exact) mass is 315 g/mol. The number of methoxy groups -OCH3 is 1. The summed E-state index contributed by atoms with van der Waals surface area (Å²) in [6, 6.07) is 0. The van der Waals surface area contributed by atoms with Crippen LogP contribution < -0.4 is 10.9 Å². The minimum absolute atomic E-state index is 0.221. The summed E-state index contributed by atoms with van der Waals surface area (Å²) in [7, 11) is 1.33. The zero-order valence-electron chi connectivity index (χ0n) is 9.98. The lowest BCUT2D eigenvalue weighted by molar-refractivity contribution is -0.140. The van der Waals surface area contributed by atoms with Gasteiger partial charge in [0.05, 0.1) is 32.0 Å². The maximum atomic E-state index is 11.8. The normalized spacial score (nSPS) is 9.89. The molecule has 0 bridgehead atoms. The molecule has 1 rings (SSSR count). The van der Waals surface area contributed by atoms with Gasteiger partial charge in [-0.15, -0.1) is 6.58 Å². The van der Waals surface area contributed by atoms with E-state index in [0.29, 0.717) is 23.2 Å². The number of esters is 1. The topological polar surface area (TPSA) is 73.2 Å². The summed E-state index contributed by atoms with van der Waals surface area (Å²) < 4.78 is 6.17. The third-order valence-electron chi connectivity index (χ3n) is 2.16. The largest absolute Gasteiger partial charge is 0.469 e. The minimum atomic E-state index is -0.313. The lowest BCUT2D eigenvalue weighted by atomic mass is 10.4. The fourth-order valence-electron chi connectivity index (χ4n) is 1.24. The first-order valence-electron chi connectivity index (χ1n) is 5.27. The van der Waals surface area contributed by atoms with Crippen molar-refractivity contribution in [2.24, 2.45) is 0 Å². The molecule has 1 aromatic rings. The highest BCUT2D eigenvalue weighted by molar-refractivity contribution is 9.10. The maximum absolute atomic E-state index is 11.8. The molecule has 1 aromatic heterocycles. The predicted molar refractivity (Wildman–Crippen MR) is 71.5 cm³/mol. The molecule has 0 spiro atoms. The van der Waals surface area contributed by atoms with Crippen LogP contribution in [0, 0.1) is 0 Å². The summed E-state index contributed by atoms with van der Waals surface area (Å²) in [6.07, 6.45) is 3.33. The van der Waals surface area contributed by atoms with Crippen LogP contribution in [-0.2, 0) is 16.1 Å². The van der Waals surface area contributed by atoms with Crippen molar-refractivity contribution >= 4 is 27.6 Å². The summed E-state index contributed by atoms with van der Waals surface area (Å²) in [6.45, 7) is 4.27. The second kappa shape index (κ2) is 6.95. The van der Waals surface area contributed by atoms with Gasteiger partial charge in [-0.2, -0.15) is 5.10 Å². The number of allylic oxidation sites excluding steroid dienone is 1. The Morgan fingerprint density at radius 1 is 1.72 bits per heavy atom. The van der Waals surface area contributed by atoms with Gasteiger partial charge in [0, 0.05) is 6.54 Å². The number of rotatable bonds is 6. The molecule has 0 atom stereocenters. The van der Waals surface area contributed by atoms with E-state index in [0.717, 1.165) is 0 Å². The number of anilines is 1. The van der Waals surface area contributed by atoms with Crippen molar-refractivity contribution in [3.63, 3.8) is 0 Å². The minimum Gasteiger partial charge on any atom is -0.469 e. The number of aromatic nitrogens is 2. The van der Waals surface area contributed by atoms with Crippen LogP contribution in [0.4, 0.5) is 5.69 Å². The standard InChI is InChI=1S/C11H14BrN3O3/c1-3-6-15-11(17)10(12)8(7-14-15)13-5-4-9(16)18-2/h3,7,13H,1,4-6H2,2H3. The van der Waals surface area contributed by atoms with Crippen molar-refractivity contribution in [3.8, 4) is 0 Å². The van der Waals surface area contributed by atoms with E-state index in [4.69, 9.17) is 0 Å². The summed E-state index contributed by atoms with van der Waals surface area (Å²) >= 11 is 3.20. The van der Waals surface area contributed by atoms with Crippen LogP contribution in [0.1, 0.15) is 6.42 Å². The first-order valence-corrected chi connectivity index (χ1v) is 6.06. The van der Waals surface area contributed by atoms with Crippen LogP contribution in [-0.4, -0.2) is 29.4 Å². The van der Waals surface area contributed by atoms with E-state index >= 15 is 0 Å². The Morgan fingerprint density at radius 2 is 2.44 bits per heavy atom. The van der Waals surface area contributed by atoms with Gasteiger partial charge in [-0.3, -0.25) is 9.59 Å². The number of carbonyl (C=O) groups excluding carboxylic acids is 1. The number of hydrogen-bond acceptors (Lipinski definition) is 5. The van der Waals surface area contributed by atoms with Crippen LogP contribution in [0.3, 0.4) is 0 Å². The van der Waals surface area contributed by atoms with Crippen LogP contribution >= 0.6 is 15.9 Å². The molecule has 0 aliphatic heterocycles. The molecular formula is C11H14BrN3O3. The average Bonchev–Trinajstić information content (AvgIpc) is 2.37. The molecule has 0 aliphatic rings. The highest BCUT2D eigenvalue weighted by Crippen LogP contribution is 2.15. The SMILES string of the molecule is C=CCn1ncc(NCCC(=O)OC)c(Br)c1=O. The van der Waals surface area contributed by atoms with Crippen LogP contribution in [0.5, 0.6) is 0 Å². The Kier molecular flexibility index (Phi) is 5.57. The van der Waals surface area contributed by atoms with E-state index < -0.39 is 0 Å². The first kappa shape index (κ1) is 14.4. The Labute approximate surface area is 113 Å². The molecule has 0 aliphatic carbocycles. The zero-order chi connectivity index (χ0) is 13.5. The molecule has 7 heteroatoms. The first-order chi connectivity index (χ1) is 8.60. The van der Waals surface area contributed by atoms with E-state index in [-0.39, 0.29) is 17.9 Å². The van der Waals surface area contributed by atoms with E-state index in [1.54, 1.807) is 6.08 Å². The average molecular weight is 316 g/mol. The molecule has 18 heavy (non-hydrogen) atoms. The Hall–Kier alpha value is -1.63. The lowest BCUT2D eigenvalue weighted by Crippen LogP contribution is -2.24. The highest BCUT2D eigenvalue weighted by atomic mass is 79.9. The number of nitrogens with zero attached hydrogens (tertiary/aromatic N) is 2. The number of halogens is 1. The van der Waals surface area contributed by atoms with Gasteiger partial charge in [-0.1, -0.05) is 6.08 Å². The third kappa shape index (κ3) is 3.69. The number of carbonyl (C=O) groups is 1. The summed E-state index contributed by atoms with van der Waals surface area (Å²) in [4.78, 5) is 22.7. The van der Waals surface area contributed by atoms with Gasteiger partial charge in [-0.05, 0) is 15.9 Å². The van der Waals surface area contributed by atoms with Gasteiger partial charge in [0.1, 0.15) is 4.47 Å². The summed E-state index contributed by atoms with van der Waals surface area (Å²) in [5.41, 5.74) is 0.294.